The van der Waals surface area contributed by atoms with Crippen LogP contribution in [-0.2, 0) is 4.79 Å². The van der Waals surface area contributed by atoms with Crippen molar-refractivity contribution in [1.29, 1.82) is 0 Å². The Morgan fingerprint density at radius 1 is 1.26 bits per heavy atom. The standard InChI is InChI=1S/C15H26N2O2/c1-12(2,3)16-11(18)15-8-7-14(6,13(15,4)5)10(9-15)17-19/h19H,7-9H2,1-6H3,(H,16,18)/b17-10+. The molecule has 0 aromatic rings. The summed E-state index contributed by atoms with van der Waals surface area (Å²) < 4.78 is 0. The highest BCUT2D eigenvalue weighted by atomic mass is 16.4. The van der Waals surface area contributed by atoms with E-state index in [1.165, 1.54) is 0 Å². The van der Waals surface area contributed by atoms with Crippen LogP contribution in [0.4, 0.5) is 0 Å². The van der Waals surface area contributed by atoms with Crippen molar-refractivity contribution in [2.45, 2.75) is 66.3 Å². The van der Waals surface area contributed by atoms with Gasteiger partial charge in [-0.15, -0.1) is 0 Å². The summed E-state index contributed by atoms with van der Waals surface area (Å²) in [7, 11) is 0. The number of oxime groups is 1. The second kappa shape index (κ2) is 3.74. The van der Waals surface area contributed by atoms with E-state index in [2.05, 4.69) is 31.2 Å². The van der Waals surface area contributed by atoms with Crippen LogP contribution in [0, 0.1) is 16.2 Å². The zero-order chi connectivity index (χ0) is 14.7. The highest BCUT2D eigenvalue weighted by Crippen LogP contribution is 2.70. The van der Waals surface area contributed by atoms with Gasteiger partial charge in [0, 0.05) is 17.4 Å². The van der Waals surface area contributed by atoms with Gasteiger partial charge in [0.25, 0.3) is 0 Å². The minimum atomic E-state index is -0.434. The molecule has 0 aromatic carbocycles. The van der Waals surface area contributed by atoms with E-state index in [1.807, 2.05) is 20.8 Å². The van der Waals surface area contributed by atoms with Gasteiger partial charge in [-0.25, -0.2) is 0 Å². The third-order valence-corrected chi connectivity index (χ3v) is 5.78. The maximum atomic E-state index is 12.8. The summed E-state index contributed by atoms with van der Waals surface area (Å²) in [6, 6.07) is 0. The van der Waals surface area contributed by atoms with Crippen LogP contribution in [0.1, 0.15) is 60.8 Å². The van der Waals surface area contributed by atoms with Gasteiger partial charge in [0.05, 0.1) is 11.1 Å². The largest absolute Gasteiger partial charge is 0.411 e. The summed E-state index contributed by atoms with van der Waals surface area (Å²) in [5.74, 6) is 0.104. The van der Waals surface area contributed by atoms with Gasteiger partial charge in [0.1, 0.15) is 0 Å². The van der Waals surface area contributed by atoms with Crippen LogP contribution in [0.25, 0.3) is 0 Å². The number of rotatable bonds is 1. The average Bonchev–Trinajstić information content (AvgIpc) is 2.55. The molecule has 19 heavy (non-hydrogen) atoms. The van der Waals surface area contributed by atoms with Gasteiger partial charge in [-0.1, -0.05) is 25.9 Å². The molecule has 2 rings (SSSR count). The number of hydrogen-bond donors (Lipinski definition) is 2. The van der Waals surface area contributed by atoms with Gasteiger partial charge in [0.15, 0.2) is 0 Å². The SMILES string of the molecule is CC(C)(C)NC(=O)C12CCC(C)(/C(=N/O)C1)C2(C)C. The number of nitrogens with one attached hydrogen (secondary N) is 1. The summed E-state index contributed by atoms with van der Waals surface area (Å²) in [5, 5.41) is 15.9. The van der Waals surface area contributed by atoms with Gasteiger partial charge in [-0.3, -0.25) is 4.79 Å². The predicted molar refractivity (Wildman–Crippen MR) is 75.3 cm³/mol. The molecule has 1 amide bonds. The van der Waals surface area contributed by atoms with E-state index in [0.29, 0.717) is 6.42 Å². The Morgan fingerprint density at radius 3 is 2.26 bits per heavy atom. The molecule has 2 fully saturated rings. The van der Waals surface area contributed by atoms with Crippen molar-refractivity contribution in [1.82, 2.24) is 5.32 Å². The van der Waals surface area contributed by atoms with Gasteiger partial charge >= 0.3 is 0 Å². The van der Waals surface area contributed by atoms with Crippen molar-refractivity contribution in [2.75, 3.05) is 0 Å². The van der Waals surface area contributed by atoms with Crippen LogP contribution in [0.3, 0.4) is 0 Å². The molecule has 0 heterocycles. The first-order valence-corrected chi connectivity index (χ1v) is 7.04. The molecule has 0 aromatic heterocycles. The average molecular weight is 266 g/mol. The minimum Gasteiger partial charge on any atom is -0.411 e. The van der Waals surface area contributed by atoms with Gasteiger partial charge in [-0.2, -0.15) is 0 Å². The number of nitrogens with zero attached hydrogens (tertiary/aromatic N) is 1. The first kappa shape index (κ1) is 14.4. The molecule has 2 aliphatic rings. The maximum Gasteiger partial charge on any atom is 0.227 e. The number of hydrogen-bond acceptors (Lipinski definition) is 3. The molecular formula is C15H26N2O2. The fraction of sp³-hybridized carbons (Fsp3) is 0.867. The molecular weight excluding hydrogens is 240 g/mol. The molecule has 2 bridgehead atoms. The predicted octanol–water partition coefficient (Wildman–Crippen LogP) is 2.95. The maximum absolute atomic E-state index is 12.8. The van der Waals surface area contributed by atoms with E-state index in [9.17, 15) is 10.0 Å². The molecule has 2 atom stereocenters. The van der Waals surface area contributed by atoms with Crippen LogP contribution < -0.4 is 5.32 Å². The number of carbonyl (C=O) groups excluding carboxylic acids is 1. The van der Waals surface area contributed by atoms with Crippen LogP contribution in [-0.4, -0.2) is 22.4 Å². The van der Waals surface area contributed by atoms with E-state index in [1.54, 1.807) is 0 Å². The lowest BCUT2D eigenvalue weighted by molar-refractivity contribution is -0.137. The van der Waals surface area contributed by atoms with Crippen LogP contribution in [0.2, 0.25) is 0 Å². The van der Waals surface area contributed by atoms with E-state index in [4.69, 9.17) is 0 Å². The fourth-order valence-corrected chi connectivity index (χ4v) is 4.00. The van der Waals surface area contributed by atoms with Gasteiger partial charge in [-0.05, 0) is 39.0 Å². The lowest BCUT2D eigenvalue weighted by Gasteiger charge is -2.40. The molecule has 0 aliphatic heterocycles. The first-order chi connectivity index (χ1) is 8.50. The fourth-order valence-electron chi connectivity index (χ4n) is 4.00. The molecule has 2 aliphatic carbocycles. The molecule has 0 saturated heterocycles. The Morgan fingerprint density at radius 2 is 1.84 bits per heavy atom. The molecule has 108 valence electrons. The highest BCUT2D eigenvalue weighted by molar-refractivity contribution is 6.02. The summed E-state index contributed by atoms with van der Waals surface area (Å²) in [6.45, 7) is 12.4. The van der Waals surface area contributed by atoms with E-state index in [0.717, 1.165) is 18.6 Å². The monoisotopic (exact) mass is 266 g/mol. The topological polar surface area (TPSA) is 61.7 Å². The second-order valence-electron chi connectivity index (χ2n) is 7.97. The Hall–Kier alpha value is -1.06. The normalized spacial score (nSPS) is 38.7. The third kappa shape index (κ3) is 1.65. The Bertz CT molecular complexity index is 448. The molecule has 4 heteroatoms. The van der Waals surface area contributed by atoms with Crippen molar-refractivity contribution in [3.8, 4) is 0 Å². The Balaban J connectivity index is 2.43. The molecule has 2 N–H and O–H groups in total. The minimum absolute atomic E-state index is 0.104. The van der Waals surface area contributed by atoms with E-state index in [-0.39, 0.29) is 22.3 Å². The lowest BCUT2D eigenvalue weighted by atomic mass is 9.64. The number of amides is 1. The van der Waals surface area contributed by atoms with Crippen molar-refractivity contribution >= 4 is 11.6 Å². The molecule has 2 saturated carbocycles. The molecule has 2 unspecified atom stereocenters. The summed E-state index contributed by atoms with van der Waals surface area (Å²) in [6.07, 6.45) is 2.36. The summed E-state index contributed by atoms with van der Waals surface area (Å²) >= 11 is 0. The zero-order valence-electron chi connectivity index (χ0n) is 12.9. The van der Waals surface area contributed by atoms with Gasteiger partial charge in [0.2, 0.25) is 5.91 Å². The molecule has 0 spiro atoms. The van der Waals surface area contributed by atoms with Crippen molar-refractivity contribution in [2.24, 2.45) is 21.4 Å². The van der Waals surface area contributed by atoms with Crippen LogP contribution >= 0.6 is 0 Å². The highest BCUT2D eigenvalue weighted by Gasteiger charge is 2.71. The summed E-state index contributed by atoms with van der Waals surface area (Å²) in [5.41, 5.74) is -0.238. The quantitative estimate of drug-likeness (QED) is 0.566. The molecule has 4 nitrogen and oxygen atoms in total. The summed E-state index contributed by atoms with van der Waals surface area (Å²) in [4.78, 5) is 12.8. The van der Waals surface area contributed by atoms with Crippen molar-refractivity contribution < 1.29 is 10.0 Å². The Kier molecular flexibility index (Phi) is 2.82. The smallest absolute Gasteiger partial charge is 0.227 e. The van der Waals surface area contributed by atoms with E-state index < -0.39 is 5.41 Å². The third-order valence-electron chi connectivity index (χ3n) is 5.78. The Labute approximate surface area is 115 Å². The van der Waals surface area contributed by atoms with Crippen LogP contribution in [0.5, 0.6) is 0 Å². The number of fused-ring (bicyclic) bond motifs is 2. The first-order valence-electron chi connectivity index (χ1n) is 7.04. The number of carbonyl (C=O) groups is 1. The van der Waals surface area contributed by atoms with Gasteiger partial charge < -0.3 is 10.5 Å². The van der Waals surface area contributed by atoms with Crippen LogP contribution in [0.15, 0.2) is 5.16 Å². The lowest BCUT2D eigenvalue weighted by Crippen LogP contribution is -2.52. The van der Waals surface area contributed by atoms with Crippen molar-refractivity contribution in [3.05, 3.63) is 0 Å². The zero-order valence-corrected chi connectivity index (χ0v) is 12.9. The second-order valence-corrected chi connectivity index (χ2v) is 7.97. The molecule has 0 radical (unpaired) electrons. The van der Waals surface area contributed by atoms with E-state index >= 15 is 0 Å². The van der Waals surface area contributed by atoms with Crippen molar-refractivity contribution in [3.63, 3.8) is 0 Å².